The zero-order valence-electron chi connectivity index (χ0n) is 13.2. The smallest absolute Gasteiger partial charge is 0.0949 e. The lowest BCUT2D eigenvalue weighted by molar-refractivity contribution is -0.0555. The second-order valence-electron chi connectivity index (χ2n) is 6.80. The summed E-state index contributed by atoms with van der Waals surface area (Å²) in [4.78, 5) is 6.93. The maximum absolute atomic E-state index is 6.07. The van der Waals surface area contributed by atoms with Gasteiger partial charge in [0, 0.05) is 36.9 Å². The molecule has 0 spiro atoms. The normalized spacial score (nSPS) is 28.0. The summed E-state index contributed by atoms with van der Waals surface area (Å²) < 4.78 is 8.32. The van der Waals surface area contributed by atoms with Crippen molar-refractivity contribution in [3.63, 3.8) is 0 Å². The van der Waals surface area contributed by atoms with Crippen LogP contribution in [0.2, 0.25) is 0 Å². The molecule has 1 aromatic heterocycles. The van der Waals surface area contributed by atoms with Gasteiger partial charge in [-0.1, -0.05) is 13.8 Å². The number of hydrogen-bond acceptors (Lipinski definition) is 4. The number of ether oxygens (including phenoxy) is 1. The van der Waals surface area contributed by atoms with E-state index < -0.39 is 0 Å². The molecule has 0 bridgehead atoms. The van der Waals surface area contributed by atoms with Crippen molar-refractivity contribution in [2.45, 2.75) is 51.3 Å². The highest BCUT2D eigenvalue weighted by Crippen LogP contribution is 2.26. The summed E-state index contributed by atoms with van der Waals surface area (Å²) in [6.45, 7) is 9.18. The monoisotopic (exact) mass is 292 g/mol. The van der Waals surface area contributed by atoms with Crippen LogP contribution in [0.15, 0.2) is 12.5 Å². The van der Waals surface area contributed by atoms with E-state index in [0.29, 0.717) is 24.4 Å². The van der Waals surface area contributed by atoms with Crippen molar-refractivity contribution in [2.75, 3.05) is 26.2 Å². The summed E-state index contributed by atoms with van der Waals surface area (Å²) in [5.74, 6) is 0.899. The molecule has 1 aromatic rings. The van der Waals surface area contributed by atoms with Gasteiger partial charge >= 0.3 is 0 Å². The average Bonchev–Trinajstić information content (AvgIpc) is 3.08. The second kappa shape index (κ2) is 6.46. The molecule has 3 atom stereocenters. The van der Waals surface area contributed by atoms with Gasteiger partial charge in [-0.2, -0.15) is 0 Å². The number of rotatable bonds is 5. The molecule has 0 saturated carbocycles. The van der Waals surface area contributed by atoms with E-state index in [9.17, 15) is 0 Å². The molecule has 0 radical (unpaired) electrons. The molecular weight excluding hydrogens is 264 g/mol. The van der Waals surface area contributed by atoms with E-state index in [4.69, 9.17) is 10.5 Å². The minimum absolute atomic E-state index is 0.276. The fourth-order valence-electron chi connectivity index (χ4n) is 3.74. The van der Waals surface area contributed by atoms with E-state index in [1.165, 1.54) is 25.1 Å². The number of nitrogens with zero attached hydrogens (tertiary/aromatic N) is 3. The molecule has 21 heavy (non-hydrogen) atoms. The van der Waals surface area contributed by atoms with Crippen LogP contribution in [-0.2, 0) is 11.3 Å². The highest BCUT2D eigenvalue weighted by molar-refractivity contribution is 5.08. The molecule has 2 aliphatic rings. The number of aromatic nitrogens is 2. The number of nitrogens with two attached hydrogens (primary N) is 1. The van der Waals surface area contributed by atoms with Gasteiger partial charge in [-0.3, -0.25) is 4.90 Å². The van der Waals surface area contributed by atoms with Crippen molar-refractivity contribution in [1.29, 1.82) is 0 Å². The van der Waals surface area contributed by atoms with Crippen LogP contribution in [-0.4, -0.2) is 52.8 Å². The predicted octanol–water partition coefficient (Wildman–Crippen LogP) is 1.44. The first kappa shape index (κ1) is 15.0. The first-order chi connectivity index (χ1) is 10.2. The standard InChI is InChI=1S/C16H28N4O/c1-12(2)15(6-17)16-7-18-11-20(16)9-14-8-19-5-3-4-13(19)10-21-14/h7,11-15H,3-6,8-10,17H2,1-2H3. The predicted molar refractivity (Wildman–Crippen MR) is 83.2 cm³/mol. The lowest BCUT2D eigenvalue weighted by Gasteiger charge is -2.35. The van der Waals surface area contributed by atoms with E-state index in [1.54, 1.807) is 0 Å². The molecule has 0 aromatic carbocycles. The van der Waals surface area contributed by atoms with Crippen LogP contribution in [0.1, 0.15) is 38.3 Å². The van der Waals surface area contributed by atoms with E-state index >= 15 is 0 Å². The van der Waals surface area contributed by atoms with Gasteiger partial charge in [-0.05, 0) is 25.3 Å². The lowest BCUT2D eigenvalue weighted by atomic mass is 9.93. The number of fused-ring (bicyclic) bond motifs is 1. The van der Waals surface area contributed by atoms with E-state index in [1.807, 2.05) is 12.5 Å². The maximum Gasteiger partial charge on any atom is 0.0949 e. The quantitative estimate of drug-likeness (QED) is 0.892. The SMILES string of the molecule is CC(C)C(CN)c1cncn1CC1CN2CCCC2CO1. The van der Waals surface area contributed by atoms with Gasteiger partial charge in [0.1, 0.15) is 0 Å². The molecule has 2 N–H and O–H groups in total. The van der Waals surface area contributed by atoms with Crippen LogP contribution >= 0.6 is 0 Å². The van der Waals surface area contributed by atoms with Gasteiger partial charge in [0.2, 0.25) is 0 Å². The Balaban J connectivity index is 1.67. The van der Waals surface area contributed by atoms with Crippen molar-refractivity contribution in [1.82, 2.24) is 14.5 Å². The largest absolute Gasteiger partial charge is 0.373 e. The Morgan fingerprint density at radius 3 is 3.10 bits per heavy atom. The maximum atomic E-state index is 6.07. The molecule has 5 heteroatoms. The van der Waals surface area contributed by atoms with Crippen molar-refractivity contribution >= 4 is 0 Å². The summed E-state index contributed by atoms with van der Waals surface area (Å²) in [6, 6.07) is 0.663. The molecule has 3 heterocycles. The van der Waals surface area contributed by atoms with Gasteiger partial charge in [-0.25, -0.2) is 4.98 Å². The van der Waals surface area contributed by atoms with Crippen LogP contribution in [0.4, 0.5) is 0 Å². The van der Waals surface area contributed by atoms with Crippen molar-refractivity contribution < 1.29 is 4.74 Å². The Morgan fingerprint density at radius 1 is 1.48 bits per heavy atom. The Bertz CT molecular complexity index is 459. The number of morpholine rings is 1. The molecule has 0 aliphatic carbocycles. The van der Waals surface area contributed by atoms with Gasteiger partial charge in [0.15, 0.2) is 0 Å². The van der Waals surface area contributed by atoms with Crippen molar-refractivity contribution in [3.8, 4) is 0 Å². The zero-order valence-corrected chi connectivity index (χ0v) is 13.2. The van der Waals surface area contributed by atoms with Gasteiger partial charge in [-0.15, -0.1) is 0 Å². The van der Waals surface area contributed by atoms with Crippen molar-refractivity contribution in [2.24, 2.45) is 11.7 Å². The van der Waals surface area contributed by atoms with E-state index in [2.05, 4.69) is 28.3 Å². The summed E-state index contributed by atoms with van der Waals surface area (Å²) in [5.41, 5.74) is 7.21. The Hall–Kier alpha value is -0.910. The Labute approximate surface area is 127 Å². The van der Waals surface area contributed by atoms with E-state index in [0.717, 1.165) is 19.7 Å². The third kappa shape index (κ3) is 3.15. The topological polar surface area (TPSA) is 56.3 Å². The Kier molecular flexibility index (Phi) is 4.62. The van der Waals surface area contributed by atoms with Crippen LogP contribution in [0, 0.1) is 5.92 Å². The highest BCUT2D eigenvalue weighted by Gasteiger charge is 2.32. The zero-order chi connectivity index (χ0) is 14.8. The van der Waals surface area contributed by atoms with Crippen LogP contribution < -0.4 is 5.73 Å². The molecule has 2 fully saturated rings. The fourth-order valence-corrected chi connectivity index (χ4v) is 3.74. The Morgan fingerprint density at radius 2 is 2.33 bits per heavy atom. The van der Waals surface area contributed by atoms with Gasteiger partial charge in [0.25, 0.3) is 0 Å². The molecule has 5 nitrogen and oxygen atoms in total. The lowest BCUT2D eigenvalue weighted by Crippen LogP contribution is -2.47. The van der Waals surface area contributed by atoms with Crippen molar-refractivity contribution in [3.05, 3.63) is 18.2 Å². The van der Waals surface area contributed by atoms with Gasteiger partial charge < -0.3 is 15.0 Å². The molecule has 3 rings (SSSR count). The third-order valence-electron chi connectivity index (χ3n) is 5.04. The molecule has 3 unspecified atom stereocenters. The summed E-state index contributed by atoms with van der Waals surface area (Å²) in [5, 5.41) is 0. The number of imidazole rings is 1. The van der Waals surface area contributed by atoms with Crippen LogP contribution in [0.3, 0.4) is 0 Å². The summed E-state index contributed by atoms with van der Waals surface area (Å²) >= 11 is 0. The van der Waals surface area contributed by atoms with Crippen LogP contribution in [0.25, 0.3) is 0 Å². The highest BCUT2D eigenvalue weighted by atomic mass is 16.5. The third-order valence-corrected chi connectivity index (χ3v) is 5.04. The number of hydrogen-bond donors (Lipinski definition) is 1. The minimum Gasteiger partial charge on any atom is -0.373 e. The summed E-state index contributed by atoms with van der Waals surface area (Å²) in [7, 11) is 0. The molecule has 2 saturated heterocycles. The van der Waals surface area contributed by atoms with Gasteiger partial charge in [0.05, 0.1) is 25.6 Å². The second-order valence-corrected chi connectivity index (χ2v) is 6.80. The summed E-state index contributed by atoms with van der Waals surface area (Å²) in [6.07, 6.45) is 6.79. The van der Waals surface area contributed by atoms with Crippen LogP contribution in [0.5, 0.6) is 0 Å². The molecule has 0 amide bonds. The first-order valence-electron chi connectivity index (χ1n) is 8.24. The minimum atomic E-state index is 0.276. The average molecular weight is 292 g/mol. The molecular formula is C16H28N4O. The molecule has 118 valence electrons. The van der Waals surface area contributed by atoms with E-state index in [-0.39, 0.29) is 6.10 Å². The first-order valence-corrected chi connectivity index (χ1v) is 8.24. The fraction of sp³-hybridized carbons (Fsp3) is 0.812. The molecule has 2 aliphatic heterocycles.